The number of carboxylic acid groups (broad SMARTS) is 1. The number of rotatable bonds is 14. The highest BCUT2D eigenvalue weighted by Crippen LogP contribution is 2.26. The van der Waals surface area contributed by atoms with Crippen molar-refractivity contribution >= 4 is 18.0 Å². The van der Waals surface area contributed by atoms with Crippen LogP contribution in [0, 0.1) is 11.8 Å². The molecule has 0 aromatic heterocycles. The highest BCUT2D eigenvalue weighted by atomic mass is 16.5. The number of ether oxygens (including phenoxy) is 2. The Morgan fingerprint density at radius 2 is 1.47 bits per heavy atom. The standard InChI is InChI=1S/C31H34O5/c1-35-27-21-19-25(20-22-27)16-10-18-28(30(32)33)29(17-9-8-13-24-11-4-2-5-12-24)31(34)36-23-26-14-6-3-7-15-26/h2-7,10-12,14-16,19-22,28-29H,8-9,13,17-18,23H2,1H3,(H,32,33)/b16-10+/t28-,29+/m1/s1. The lowest BCUT2D eigenvalue weighted by atomic mass is 9.85. The number of carboxylic acids is 1. The van der Waals surface area contributed by atoms with Crippen molar-refractivity contribution in [3.8, 4) is 5.75 Å². The van der Waals surface area contributed by atoms with Crippen LogP contribution >= 0.6 is 0 Å². The van der Waals surface area contributed by atoms with Gasteiger partial charge in [-0.05, 0) is 54.5 Å². The molecule has 0 unspecified atom stereocenters. The van der Waals surface area contributed by atoms with Gasteiger partial charge in [0, 0.05) is 0 Å². The molecular weight excluding hydrogens is 452 g/mol. The molecule has 0 radical (unpaired) electrons. The molecule has 0 bridgehead atoms. The summed E-state index contributed by atoms with van der Waals surface area (Å²) < 4.78 is 10.8. The highest BCUT2D eigenvalue weighted by molar-refractivity contribution is 5.81. The quantitative estimate of drug-likeness (QED) is 0.206. The first kappa shape index (κ1) is 26.7. The number of hydrogen-bond acceptors (Lipinski definition) is 4. The molecule has 0 saturated carbocycles. The summed E-state index contributed by atoms with van der Waals surface area (Å²) in [6, 6.07) is 27.1. The zero-order chi connectivity index (χ0) is 25.6. The number of aryl methyl sites for hydroxylation is 1. The molecule has 0 heterocycles. The molecule has 36 heavy (non-hydrogen) atoms. The highest BCUT2D eigenvalue weighted by Gasteiger charge is 2.33. The summed E-state index contributed by atoms with van der Waals surface area (Å²) in [7, 11) is 1.61. The van der Waals surface area contributed by atoms with E-state index < -0.39 is 23.8 Å². The Labute approximate surface area is 213 Å². The van der Waals surface area contributed by atoms with Crippen LogP contribution in [0.3, 0.4) is 0 Å². The van der Waals surface area contributed by atoms with E-state index in [1.807, 2.05) is 84.9 Å². The molecule has 1 N–H and O–H groups in total. The number of carbonyl (C=O) groups is 2. The summed E-state index contributed by atoms with van der Waals surface area (Å²) in [5, 5.41) is 10.0. The molecule has 3 aromatic carbocycles. The van der Waals surface area contributed by atoms with Crippen LogP contribution in [-0.2, 0) is 27.4 Å². The van der Waals surface area contributed by atoms with E-state index in [4.69, 9.17) is 9.47 Å². The van der Waals surface area contributed by atoms with Gasteiger partial charge in [-0.3, -0.25) is 9.59 Å². The van der Waals surface area contributed by atoms with Crippen LogP contribution < -0.4 is 4.74 Å². The average molecular weight is 487 g/mol. The third kappa shape index (κ3) is 8.73. The van der Waals surface area contributed by atoms with Gasteiger partial charge in [0.25, 0.3) is 0 Å². The van der Waals surface area contributed by atoms with E-state index in [0.717, 1.165) is 36.1 Å². The smallest absolute Gasteiger partial charge is 0.310 e. The summed E-state index contributed by atoms with van der Waals surface area (Å²) >= 11 is 0. The molecule has 0 aliphatic heterocycles. The van der Waals surface area contributed by atoms with Crippen molar-refractivity contribution in [2.75, 3.05) is 7.11 Å². The predicted octanol–water partition coefficient (Wildman–Crippen LogP) is 6.57. The largest absolute Gasteiger partial charge is 0.497 e. The van der Waals surface area contributed by atoms with Crippen LogP contribution in [0.2, 0.25) is 0 Å². The first-order chi connectivity index (χ1) is 17.6. The van der Waals surface area contributed by atoms with E-state index >= 15 is 0 Å². The second-order valence-electron chi connectivity index (χ2n) is 8.79. The number of esters is 1. The lowest BCUT2D eigenvalue weighted by Crippen LogP contribution is -2.31. The van der Waals surface area contributed by atoms with E-state index in [1.165, 1.54) is 5.56 Å². The second kappa shape index (κ2) is 14.5. The van der Waals surface area contributed by atoms with Crippen LogP contribution in [-0.4, -0.2) is 24.2 Å². The first-order valence-corrected chi connectivity index (χ1v) is 12.3. The van der Waals surface area contributed by atoms with Gasteiger partial charge in [-0.1, -0.05) is 91.4 Å². The summed E-state index contributed by atoms with van der Waals surface area (Å²) in [5.74, 6) is -2.27. The fourth-order valence-electron chi connectivity index (χ4n) is 4.16. The van der Waals surface area contributed by atoms with Gasteiger partial charge in [-0.15, -0.1) is 0 Å². The zero-order valence-corrected chi connectivity index (χ0v) is 20.7. The molecule has 3 rings (SSSR count). The van der Waals surface area contributed by atoms with Crippen molar-refractivity contribution in [3.63, 3.8) is 0 Å². The molecular formula is C31H34O5. The molecule has 188 valence electrons. The molecule has 0 aliphatic carbocycles. The van der Waals surface area contributed by atoms with E-state index in [2.05, 4.69) is 12.1 Å². The Morgan fingerprint density at radius 1 is 0.833 bits per heavy atom. The van der Waals surface area contributed by atoms with Gasteiger partial charge in [0.05, 0.1) is 18.9 Å². The molecule has 0 amide bonds. The molecule has 3 aromatic rings. The minimum absolute atomic E-state index is 0.133. The summed E-state index contributed by atoms with van der Waals surface area (Å²) in [6.07, 6.45) is 6.91. The molecule has 5 heteroatoms. The van der Waals surface area contributed by atoms with Gasteiger partial charge in [-0.2, -0.15) is 0 Å². The Kier molecular flexibility index (Phi) is 10.8. The normalized spacial score (nSPS) is 12.7. The van der Waals surface area contributed by atoms with Gasteiger partial charge in [0.15, 0.2) is 0 Å². The monoisotopic (exact) mass is 486 g/mol. The number of allylic oxidation sites excluding steroid dienone is 1. The molecule has 5 nitrogen and oxygen atoms in total. The molecule has 0 fully saturated rings. The van der Waals surface area contributed by atoms with Crippen LogP contribution in [0.5, 0.6) is 5.75 Å². The van der Waals surface area contributed by atoms with Gasteiger partial charge in [-0.25, -0.2) is 0 Å². The van der Waals surface area contributed by atoms with Crippen LogP contribution in [0.15, 0.2) is 91.0 Å². The van der Waals surface area contributed by atoms with E-state index in [9.17, 15) is 14.7 Å². The number of aliphatic carboxylic acids is 1. The van der Waals surface area contributed by atoms with E-state index in [1.54, 1.807) is 7.11 Å². The van der Waals surface area contributed by atoms with Gasteiger partial charge in [0.1, 0.15) is 12.4 Å². The second-order valence-corrected chi connectivity index (χ2v) is 8.79. The average Bonchev–Trinajstić information content (AvgIpc) is 2.91. The van der Waals surface area contributed by atoms with E-state index in [0.29, 0.717) is 6.42 Å². The van der Waals surface area contributed by atoms with Crippen molar-refractivity contribution < 1.29 is 24.2 Å². The minimum Gasteiger partial charge on any atom is -0.497 e. The van der Waals surface area contributed by atoms with Crippen molar-refractivity contribution in [1.29, 1.82) is 0 Å². The number of benzene rings is 3. The van der Waals surface area contributed by atoms with Crippen LogP contribution in [0.4, 0.5) is 0 Å². The number of carbonyl (C=O) groups excluding carboxylic acids is 1. The Balaban J connectivity index is 1.66. The molecule has 2 atom stereocenters. The third-order valence-electron chi connectivity index (χ3n) is 6.22. The molecule has 0 aliphatic rings. The zero-order valence-electron chi connectivity index (χ0n) is 20.7. The maximum atomic E-state index is 13.1. The Hall–Kier alpha value is -3.86. The minimum atomic E-state index is -0.987. The van der Waals surface area contributed by atoms with Gasteiger partial charge < -0.3 is 14.6 Å². The van der Waals surface area contributed by atoms with Crippen molar-refractivity contribution in [1.82, 2.24) is 0 Å². The maximum Gasteiger partial charge on any atom is 0.310 e. The fourth-order valence-corrected chi connectivity index (χ4v) is 4.16. The number of hydrogen-bond donors (Lipinski definition) is 1. The summed E-state index contributed by atoms with van der Waals surface area (Å²) in [6.45, 7) is 0.133. The molecule has 0 spiro atoms. The number of methoxy groups -OCH3 is 1. The molecule has 0 saturated heterocycles. The van der Waals surface area contributed by atoms with Crippen molar-refractivity contribution in [2.45, 2.75) is 38.7 Å². The van der Waals surface area contributed by atoms with Gasteiger partial charge >= 0.3 is 11.9 Å². The van der Waals surface area contributed by atoms with Crippen LogP contribution in [0.25, 0.3) is 6.08 Å². The third-order valence-corrected chi connectivity index (χ3v) is 6.22. The first-order valence-electron chi connectivity index (χ1n) is 12.3. The van der Waals surface area contributed by atoms with E-state index in [-0.39, 0.29) is 13.0 Å². The SMILES string of the molecule is COc1ccc(/C=C/C[C@@H](C(=O)O)[C@H](CCCCc2ccccc2)C(=O)OCc2ccccc2)cc1. The predicted molar refractivity (Wildman–Crippen MR) is 141 cm³/mol. The van der Waals surface area contributed by atoms with Gasteiger partial charge in [0.2, 0.25) is 0 Å². The van der Waals surface area contributed by atoms with Crippen molar-refractivity contribution in [2.24, 2.45) is 11.8 Å². The fraction of sp³-hybridized carbons (Fsp3) is 0.290. The Morgan fingerprint density at radius 3 is 2.08 bits per heavy atom. The topological polar surface area (TPSA) is 72.8 Å². The number of unbranched alkanes of at least 4 members (excludes halogenated alkanes) is 1. The summed E-state index contributed by atoms with van der Waals surface area (Å²) in [4.78, 5) is 25.3. The lowest BCUT2D eigenvalue weighted by molar-refractivity contribution is -0.159. The van der Waals surface area contributed by atoms with Crippen LogP contribution in [0.1, 0.15) is 42.4 Å². The Bertz CT molecular complexity index is 1090. The van der Waals surface area contributed by atoms with Crippen molar-refractivity contribution in [3.05, 3.63) is 108 Å². The summed E-state index contributed by atoms with van der Waals surface area (Å²) in [5.41, 5.74) is 3.05. The maximum absolute atomic E-state index is 13.1. The lowest BCUT2D eigenvalue weighted by Gasteiger charge is -2.22.